The summed E-state index contributed by atoms with van der Waals surface area (Å²) in [7, 11) is -5.48. The number of nitrogens with one attached hydrogen (secondary N) is 1. The topological polar surface area (TPSA) is 252 Å². The Morgan fingerprint density at radius 2 is 1.56 bits per heavy atom. The maximum absolute atomic E-state index is 12.9. The van der Waals surface area contributed by atoms with Crippen LogP contribution in [0.15, 0.2) is 6.33 Å². The highest BCUT2D eigenvalue weighted by Gasteiger charge is 2.54. The van der Waals surface area contributed by atoms with E-state index < -0.39 is 80.4 Å². The van der Waals surface area contributed by atoms with Crippen LogP contribution in [0, 0.1) is 10.8 Å². The molecule has 0 saturated carbocycles. The Balaban J connectivity index is 1.54. The third kappa shape index (κ3) is 10.4. The van der Waals surface area contributed by atoms with Gasteiger partial charge in [-0.3, -0.25) is 9.13 Å². The molecule has 4 rings (SSSR count). The van der Waals surface area contributed by atoms with E-state index in [0.717, 1.165) is 6.42 Å². The summed E-state index contributed by atoms with van der Waals surface area (Å²) in [6, 6.07) is -0.0473. The van der Waals surface area contributed by atoms with E-state index in [1.807, 2.05) is 0 Å². The van der Waals surface area contributed by atoms with Crippen LogP contribution in [0.2, 0.25) is 5.28 Å². The van der Waals surface area contributed by atoms with E-state index in [9.17, 15) is 34.2 Å². The van der Waals surface area contributed by atoms with Crippen molar-refractivity contribution < 1.29 is 67.3 Å². The van der Waals surface area contributed by atoms with Gasteiger partial charge in [0.25, 0.3) is 0 Å². The summed E-state index contributed by atoms with van der Waals surface area (Å²) < 4.78 is 51.3. The molecule has 282 valence electrons. The first-order valence-electron chi connectivity index (χ1n) is 15.7. The van der Waals surface area contributed by atoms with E-state index in [0.29, 0.717) is 19.0 Å². The molecule has 0 aliphatic carbocycles. The van der Waals surface area contributed by atoms with Gasteiger partial charge in [0.1, 0.15) is 31.5 Å². The zero-order valence-corrected chi connectivity index (χ0v) is 30.3. The minimum Gasteiger partial charge on any atom is -0.434 e. The van der Waals surface area contributed by atoms with E-state index in [4.69, 9.17) is 44.8 Å². The molecule has 5 N–H and O–H groups in total. The van der Waals surface area contributed by atoms with Crippen molar-refractivity contribution in [3.63, 3.8) is 0 Å². The number of imidazole rings is 1. The van der Waals surface area contributed by atoms with Gasteiger partial charge in [0, 0.05) is 6.61 Å². The summed E-state index contributed by atoms with van der Waals surface area (Å²) in [6.45, 7) is 8.46. The number of hydrogen-bond donors (Lipinski definition) is 5. The molecule has 0 spiro atoms. The quantitative estimate of drug-likeness (QED) is 0.112. The van der Waals surface area contributed by atoms with Crippen molar-refractivity contribution in [1.29, 1.82) is 0 Å². The molecule has 50 heavy (non-hydrogen) atoms. The molecule has 0 unspecified atom stereocenters. The first-order valence-corrected chi connectivity index (χ1v) is 17.7. The number of ether oxygens (including phenoxy) is 7. The Morgan fingerprint density at radius 1 is 0.980 bits per heavy atom. The van der Waals surface area contributed by atoms with Crippen LogP contribution in [0.25, 0.3) is 11.2 Å². The van der Waals surface area contributed by atoms with Gasteiger partial charge in [-0.25, -0.2) is 14.6 Å². The lowest BCUT2D eigenvalue weighted by atomic mass is 9.99. The predicted molar refractivity (Wildman–Crippen MR) is 173 cm³/mol. The van der Waals surface area contributed by atoms with Gasteiger partial charge in [-0.05, 0) is 28.9 Å². The molecule has 2 aromatic rings. The van der Waals surface area contributed by atoms with E-state index in [-0.39, 0.29) is 35.7 Å². The molecule has 0 amide bonds. The summed E-state index contributed by atoms with van der Waals surface area (Å²) in [4.78, 5) is 58.4. The number of nitrogens with zero attached hydrogens (tertiary/aromatic N) is 4. The summed E-state index contributed by atoms with van der Waals surface area (Å²) in [5, 5.41) is 22.2. The van der Waals surface area contributed by atoms with Crippen molar-refractivity contribution in [2.24, 2.45) is 10.8 Å². The highest BCUT2D eigenvalue weighted by atomic mass is 35.5. The van der Waals surface area contributed by atoms with E-state index in [1.165, 1.54) is 10.9 Å². The summed E-state index contributed by atoms with van der Waals surface area (Å²) in [5.74, 6) is 0.315. The fraction of sp³-hybridized carbons (Fsp3) is 0.759. The van der Waals surface area contributed by atoms with E-state index in [1.54, 1.807) is 41.5 Å². The molecule has 0 bridgehead atoms. The van der Waals surface area contributed by atoms with Crippen LogP contribution in [-0.4, -0.2) is 128 Å². The van der Waals surface area contributed by atoms with Gasteiger partial charge in [-0.1, -0.05) is 41.5 Å². The standard InChI is InChI=1S/C29H45ClN5O14P/c1-27(2,3)11-44-25(38)46-13-29(50(40,41)42,14-47-26(39)45-12-28(4,5)6)48-10-17-19(36)20(37)23(49-17)35-15-31-18-21(32-16-7-8-43-9-16)33-24(30)34-22(18)35/h15-17,19-20,23,36-37H,7-14H2,1-6H3,(H,32,33,34)(H2,40,41,42)/t16-,17+,19+,20+,23+/m0/s1. The fourth-order valence-electron chi connectivity index (χ4n) is 4.71. The number of fused-ring (bicyclic) bond motifs is 1. The number of hydrogen-bond acceptors (Lipinski definition) is 16. The van der Waals surface area contributed by atoms with Crippen molar-refractivity contribution in [3.8, 4) is 0 Å². The lowest BCUT2D eigenvalue weighted by molar-refractivity contribution is -0.128. The molecule has 2 fully saturated rings. The fourth-order valence-corrected chi connectivity index (χ4v) is 5.58. The van der Waals surface area contributed by atoms with Crippen LogP contribution in [-0.2, 0) is 37.7 Å². The molecule has 21 heteroatoms. The molecule has 2 saturated heterocycles. The lowest BCUT2D eigenvalue weighted by Crippen LogP contribution is -2.47. The van der Waals surface area contributed by atoms with Gasteiger partial charge in [-0.15, -0.1) is 0 Å². The number of rotatable bonds is 13. The highest BCUT2D eigenvalue weighted by Crippen LogP contribution is 2.52. The zero-order chi connectivity index (χ0) is 37.1. The highest BCUT2D eigenvalue weighted by molar-refractivity contribution is 7.53. The van der Waals surface area contributed by atoms with Gasteiger partial charge in [0.15, 0.2) is 23.2 Å². The summed E-state index contributed by atoms with van der Waals surface area (Å²) >= 11 is 6.20. The molecular formula is C29H45ClN5O14P. The predicted octanol–water partition coefficient (Wildman–Crippen LogP) is 2.59. The van der Waals surface area contributed by atoms with Crippen LogP contribution in [0.5, 0.6) is 0 Å². The van der Waals surface area contributed by atoms with Gasteiger partial charge in [0.05, 0.1) is 38.8 Å². The van der Waals surface area contributed by atoms with Gasteiger partial charge >= 0.3 is 19.9 Å². The summed E-state index contributed by atoms with van der Waals surface area (Å²) in [6.07, 6.45) is -6.57. The smallest absolute Gasteiger partial charge is 0.434 e. The first kappa shape index (κ1) is 39.9. The number of carbonyl (C=O) groups is 2. The van der Waals surface area contributed by atoms with Crippen LogP contribution in [0.1, 0.15) is 54.2 Å². The normalized spacial score (nSPS) is 23.2. The maximum Gasteiger partial charge on any atom is 0.508 e. The van der Waals surface area contributed by atoms with Gasteiger partial charge in [0.2, 0.25) is 10.6 Å². The molecule has 2 aliphatic rings. The van der Waals surface area contributed by atoms with Gasteiger partial charge < -0.3 is 58.5 Å². The van der Waals surface area contributed by atoms with Crippen molar-refractivity contribution in [3.05, 3.63) is 11.6 Å². The van der Waals surface area contributed by atoms with Crippen LogP contribution >= 0.6 is 19.2 Å². The van der Waals surface area contributed by atoms with Crippen LogP contribution in [0.3, 0.4) is 0 Å². The van der Waals surface area contributed by atoms with Crippen LogP contribution in [0.4, 0.5) is 15.4 Å². The Morgan fingerprint density at radius 3 is 2.08 bits per heavy atom. The molecule has 2 aliphatic heterocycles. The second-order valence-electron chi connectivity index (χ2n) is 14.5. The van der Waals surface area contributed by atoms with Crippen molar-refractivity contribution in [2.75, 3.05) is 51.6 Å². The average molecular weight is 754 g/mol. The number of aliphatic hydroxyl groups excluding tert-OH is 2. The molecule has 4 heterocycles. The molecular weight excluding hydrogens is 709 g/mol. The number of halogens is 1. The molecule has 2 aromatic heterocycles. The number of aromatic nitrogens is 4. The summed E-state index contributed by atoms with van der Waals surface area (Å²) in [5.41, 5.74) is -0.468. The number of aliphatic hydroxyl groups is 2. The molecule has 5 atom stereocenters. The van der Waals surface area contributed by atoms with Crippen molar-refractivity contribution in [2.45, 2.75) is 83.9 Å². The Kier molecular flexibility index (Phi) is 12.6. The largest absolute Gasteiger partial charge is 0.508 e. The Bertz CT molecular complexity index is 1500. The monoisotopic (exact) mass is 753 g/mol. The molecule has 19 nitrogen and oxygen atoms in total. The molecule has 0 aromatic carbocycles. The van der Waals surface area contributed by atoms with Gasteiger partial charge in [-0.2, -0.15) is 9.97 Å². The third-order valence-corrected chi connectivity index (χ3v) is 9.02. The lowest BCUT2D eigenvalue weighted by Gasteiger charge is -2.34. The first-order chi connectivity index (χ1) is 23.2. The minimum absolute atomic E-state index is 0.0473. The number of carbonyl (C=O) groups excluding carboxylic acids is 2. The van der Waals surface area contributed by atoms with Crippen molar-refractivity contribution in [1.82, 2.24) is 19.5 Å². The second-order valence-corrected chi connectivity index (χ2v) is 16.7. The molecule has 0 radical (unpaired) electrons. The third-order valence-electron chi connectivity index (χ3n) is 7.40. The SMILES string of the molecule is CC(C)(C)COC(=O)OCC(COC(=O)OCC(C)(C)C)(OC[C@H]1O[C@@H](n2cnc3c(N[C@H]4CCOC4)nc(Cl)nc32)[C@H](O)[C@@H]1O)P(=O)(O)O. The number of anilines is 1. The van der Waals surface area contributed by atoms with E-state index >= 15 is 0 Å². The Labute approximate surface area is 293 Å². The van der Waals surface area contributed by atoms with E-state index in [2.05, 4.69) is 20.3 Å². The Hall–Kier alpha value is -2.87. The second kappa shape index (κ2) is 15.8. The van der Waals surface area contributed by atoms with Crippen molar-refractivity contribution >= 4 is 48.5 Å². The van der Waals surface area contributed by atoms with Crippen LogP contribution < -0.4 is 5.32 Å². The minimum atomic E-state index is -5.48. The zero-order valence-electron chi connectivity index (χ0n) is 28.6. The maximum atomic E-state index is 12.9. The average Bonchev–Trinajstić information content (AvgIpc) is 3.74.